The summed E-state index contributed by atoms with van der Waals surface area (Å²) in [6, 6.07) is 12.8. The zero-order valence-corrected chi connectivity index (χ0v) is 10.4. The smallest absolute Gasteiger partial charge is 0.101 e. The molecular weight excluding hydrogens is 260 g/mol. The Morgan fingerprint density at radius 3 is 2.10 bits per heavy atom. The predicted octanol–water partition coefficient (Wildman–Crippen LogP) is 3.24. The first-order chi connectivity index (χ1) is 9.58. The fourth-order valence-electron chi connectivity index (χ4n) is 1.70. The van der Waals surface area contributed by atoms with Crippen molar-refractivity contribution in [2.45, 2.75) is 0 Å². The highest BCUT2D eigenvalue weighted by molar-refractivity contribution is 5.76. The van der Waals surface area contributed by atoms with Crippen LogP contribution in [0, 0.1) is 10.4 Å². The summed E-state index contributed by atoms with van der Waals surface area (Å²) in [5.41, 5.74) is 1.65. The number of hydrogen-bond acceptors (Lipinski definition) is 6. The van der Waals surface area contributed by atoms with E-state index in [-0.39, 0.29) is 16.6 Å². The lowest BCUT2D eigenvalue weighted by molar-refractivity contribution is 0.0291. The van der Waals surface area contributed by atoms with Crippen LogP contribution in [0.1, 0.15) is 11.1 Å². The molecule has 6 heteroatoms. The molecule has 0 amide bonds. The van der Waals surface area contributed by atoms with Gasteiger partial charge in [-0.05, 0) is 23.8 Å². The summed E-state index contributed by atoms with van der Waals surface area (Å²) in [7, 11) is 0. The SMILES string of the molecule is [O-]N([O-])c1ccc(C=Cc2ccccc2N(O)O)cc1. The summed E-state index contributed by atoms with van der Waals surface area (Å²) in [4.78, 5) is 0. The van der Waals surface area contributed by atoms with E-state index in [0.717, 1.165) is 5.56 Å². The maximum absolute atomic E-state index is 10.5. The predicted molar refractivity (Wildman–Crippen MR) is 77.1 cm³/mol. The first-order valence-electron chi connectivity index (χ1n) is 5.77. The zero-order valence-electron chi connectivity index (χ0n) is 10.4. The quantitative estimate of drug-likeness (QED) is 0.655. The van der Waals surface area contributed by atoms with Gasteiger partial charge in [0.05, 0.1) is 0 Å². The van der Waals surface area contributed by atoms with E-state index < -0.39 is 5.23 Å². The minimum absolute atomic E-state index is 0.0273. The third kappa shape index (κ3) is 3.34. The van der Waals surface area contributed by atoms with E-state index >= 15 is 0 Å². The van der Waals surface area contributed by atoms with Gasteiger partial charge in [-0.2, -0.15) is 0 Å². The first-order valence-corrected chi connectivity index (χ1v) is 5.77. The second-order valence-electron chi connectivity index (χ2n) is 4.03. The highest BCUT2D eigenvalue weighted by atomic mass is 16.8. The van der Waals surface area contributed by atoms with Crippen molar-refractivity contribution in [2.24, 2.45) is 0 Å². The Balaban J connectivity index is 2.21. The van der Waals surface area contributed by atoms with Crippen LogP contribution in [0.4, 0.5) is 11.4 Å². The standard InChI is InChI=1S/C14H12N2O4/c17-15(18)13-9-6-11(7-10-13)5-8-12-3-1-2-4-14(12)16(19)20/h1-10,19-20H/q-2. The summed E-state index contributed by atoms with van der Waals surface area (Å²) in [6.45, 7) is 0. The van der Waals surface area contributed by atoms with Gasteiger partial charge >= 0.3 is 0 Å². The summed E-state index contributed by atoms with van der Waals surface area (Å²) in [5.74, 6) is 0. The number of hydrogen-bond donors (Lipinski definition) is 2. The van der Waals surface area contributed by atoms with Crippen molar-refractivity contribution in [1.29, 1.82) is 0 Å². The van der Waals surface area contributed by atoms with Crippen LogP contribution in [-0.2, 0) is 0 Å². The minimum Gasteiger partial charge on any atom is -0.769 e. The van der Waals surface area contributed by atoms with Gasteiger partial charge in [0, 0.05) is 11.3 Å². The summed E-state index contributed by atoms with van der Waals surface area (Å²) in [6.07, 6.45) is 3.42. The maximum Gasteiger partial charge on any atom is 0.101 e. The molecule has 0 aliphatic rings. The van der Waals surface area contributed by atoms with E-state index in [9.17, 15) is 10.4 Å². The summed E-state index contributed by atoms with van der Waals surface area (Å²) < 4.78 is 0. The first kappa shape index (κ1) is 14.0. The normalized spacial score (nSPS) is 10.8. The van der Waals surface area contributed by atoms with Gasteiger partial charge in [0.25, 0.3) is 0 Å². The zero-order chi connectivity index (χ0) is 14.5. The molecule has 0 fully saturated rings. The second-order valence-corrected chi connectivity index (χ2v) is 4.03. The molecule has 20 heavy (non-hydrogen) atoms. The van der Waals surface area contributed by atoms with E-state index in [0.29, 0.717) is 5.56 Å². The lowest BCUT2D eigenvalue weighted by atomic mass is 10.1. The van der Waals surface area contributed by atoms with Gasteiger partial charge in [-0.25, -0.2) is 0 Å². The van der Waals surface area contributed by atoms with Crippen LogP contribution in [0.5, 0.6) is 0 Å². The molecule has 0 radical (unpaired) electrons. The third-order valence-corrected chi connectivity index (χ3v) is 2.71. The van der Waals surface area contributed by atoms with Crippen molar-refractivity contribution in [3.8, 4) is 0 Å². The fourth-order valence-corrected chi connectivity index (χ4v) is 1.70. The van der Waals surface area contributed by atoms with Crippen LogP contribution >= 0.6 is 0 Å². The molecule has 0 heterocycles. The van der Waals surface area contributed by atoms with Crippen molar-refractivity contribution in [1.82, 2.24) is 0 Å². The summed E-state index contributed by atoms with van der Waals surface area (Å²) >= 11 is 0. The molecule has 2 rings (SSSR count). The average molecular weight is 272 g/mol. The molecule has 104 valence electrons. The van der Waals surface area contributed by atoms with E-state index in [1.165, 1.54) is 12.1 Å². The van der Waals surface area contributed by atoms with E-state index in [4.69, 9.17) is 10.4 Å². The van der Waals surface area contributed by atoms with Crippen LogP contribution in [0.3, 0.4) is 0 Å². The molecule has 0 aliphatic carbocycles. The van der Waals surface area contributed by atoms with Gasteiger partial charge < -0.3 is 15.6 Å². The van der Waals surface area contributed by atoms with Crippen LogP contribution in [-0.4, -0.2) is 10.4 Å². The molecule has 0 saturated carbocycles. The Morgan fingerprint density at radius 1 is 0.850 bits per heavy atom. The molecule has 0 aromatic heterocycles. The van der Waals surface area contributed by atoms with Crippen LogP contribution in [0.15, 0.2) is 48.5 Å². The van der Waals surface area contributed by atoms with Gasteiger partial charge in [0.1, 0.15) is 5.69 Å². The molecular formula is C14H12N2O4-2. The Bertz CT molecular complexity index is 594. The number of para-hydroxylation sites is 1. The monoisotopic (exact) mass is 272 g/mol. The molecule has 6 nitrogen and oxygen atoms in total. The van der Waals surface area contributed by atoms with Gasteiger partial charge in [0.2, 0.25) is 0 Å². The van der Waals surface area contributed by atoms with Crippen LogP contribution in [0.25, 0.3) is 12.2 Å². The second kappa shape index (κ2) is 6.18. The molecule has 0 aliphatic heterocycles. The van der Waals surface area contributed by atoms with Crippen LogP contribution < -0.4 is 10.5 Å². The molecule has 2 aromatic carbocycles. The Hall–Kier alpha value is -2.38. The molecule has 0 unspecified atom stereocenters. The lowest BCUT2D eigenvalue weighted by Gasteiger charge is -2.37. The van der Waals surface area contributed by atoms with Crippen molar-refractivity contribution >= 4 is 23.5 Å². The van der Waals surface area contributed by atoms with Gasteiger partial charge in [-0.15, -0.1) is 5.23 Å². The molecule has 2 N–H and O–H groups in total. The largest absolute Gasteiger partial charge is 0.769 e. The number of benzene rings is 2. The van der Waals surface area contributed by atoms with Crippen molar-refractivity contribution in [3.63, 3.8) is 0 Å². The van der Waals surface area contributed by atoms with E-state index in [1.54, 1.807) is 48.6 Å². The van der Waals surface area contributed by atoms with Gasteiger partial charge in [-0.1, -0.05) is 42.5 Å². The topological polar surface area (TPSA) is 93.1 Å². The molecule has 0 saturated heterocycles. The van der Waals surface area contributed by atoms with Gasteiger partial charge in [0.15, 0.2) is 0 Å². The average Bonchev–Trinajstić information content (AvgIpc) is 2.45. The Kier molecular flexibility index (Phi) is 4.34. The van der Waals surface area contributed by atoms with Crippen molar-refractivity contribution < 1.29 is 10.4 Å². The maximum atomic E-state index is 10.5. The number of anilines is 2. The summed E-state index contributed by atoms with van der Waals surface area (Å²) in [5, 5.41) is 38.8. The highest BCUT2D eigenvalue weighted by Gasteiger charge is 2.02. The van der Waals surface area contributed by atoms with E-state index in [2.05, 4.69) is 0 Å². The van der Waals surface area contributed by atoms with Crippen molar-refractivity contribution in [2.75, 3.05) is 10.5 Å². The minimum atomic E-state index is -0.460. The Labute approximate surface area is 115 Å². The third-order valence-electron chi connectivity index (χ3n) is 2.71. The van der Waals surface area contributed by atoms with E-state index in [1.807, 2.05) is 0 Å². The highest BCUT2D eigenvalue weighted by Crippen LogP contribution is 2.21. The van der Waals surface area contributed by atoms with Crippen molar-refractivity contribution in [3.05, 3.63) is 70.1 Å². The molecule has 0 atom stereocenters. The molecule has 0 spiro atoms. The Morgan fingerprint density at radius 2 is 1.50 bits per heavy atom. The fraction of sp³-hybridized carbons (Fsp3) is 0. The number of nitrogens with zero attached hydrogens (tertiary/aromatic N) is 2. The van der Waals surface area contributed by atoms with Gasteiger partial charge in [-0.3, -0.25) is 10.4 Å². The lowest BCUT2D eigenvalue weighted by Crippen LogP contribution is -2.11. The molecule has 0 bridgehead atoms. The number of rotatable bonds is 4. The molecule has 2 aromatic rings. The van der Waals surface area contributed by atoms with Crippen LogP contribution in [0.2, 0.25) is 0 Å².